The van der Waals surface area contributed by atoms with Gasteiger partial charge >= 0.3 is 5.97 Å². The van der Waals surface area contributed by atoms with Gasteiger partial charge in [0, 0.05) is 6.54 Å². The molecule has 1 aliphatic rings. The standard InChI is InChI=1S/C9H15NO2.C8H10/c1-3-12-8(11)9(2)6-4-5-7-10-9;1-7-5-3-4-6-8(7)2/h4-5,10H,3,6-7H2,1-2H3;3-6H,1-2H3. The lowest BCUT2D eigenvalue weighted by Crippen LogP contribution is -2.51. The average Bonchev–Trinajstić information content (AvgIpc) is 2.44. The first-order valence-electron chi connectivity index (χ1n) is 7.09. The number of benzene rings is 1. The minimum Gasteiger partial charge on any atom is -0.465 e. The van der Waals surface area contributed by atoms with E-state index in [1.165, 1.54) is 11.1 Å². The molecule has 1 N–H and O–H groups in total. The summed E-state index contributed by atoms with van der Waals surface area (Å²) < 4.78 is 4.95. The monoisotopic (exact) mass is 275 g/mol. The summed E-state index contributed by atoms with van der Waals surface area (Å²) in [5.41, 5.74) is 2.23. The molecule has 0 aliphatic carbocycles. The summed E-state index contributed by atoms with van der Waals surface area (Å²) in [4.78, 5) is 11.4. The number of ether oxygens (including phenoxy) is 1. The van der Waals surface area contributed by atoms with Crippen LogP contribution in [0.1, 0.15) is 31.4 Å². The topological polar surface area (TPSA) is 38.3 Å². The van der Waals surface area contributed by atoms with Crippen LogP contribution in [0.3, 0.4) is 0 Å². The fourth-order valence-corrected chi connectivity index (χ4v) is 1.87. The summed E-state index contributed by atoms with van der Waals surface area (Å²) in [6.07, 6.45) is 4.74. The van der Waals surface area contributed by atoms with Gasteiger partial charge in [-0.3, -0.25) is 10.1 Å². The zero-order valence-corrected chi connectivity index (χ0v) is 12.9. The molecule has 1 unspecified atom stereocenters. The molecule has 0 saturated carbocycles. The molecule has 1 aliphatic heterocycles. The SMILES string of the molecule is CCOC(=O)C1(C)CC=CCN1.Cc1ccccc1C. The van der Waals surface area contributed by atoms with Crippen molar-refractivity contribution in [1.29, 1.82) is 0 Å². The molecule has 0 saturated heterocycles. The Balaban J connectivity index is 0.000000217. The fourth-order valence-electron chi connectivity index (χ4n) is 1.87. The molecule has 20 heavy (non-hydrogen) atoms. The van der Waals surface area contributed by atoms with Crippen LogP contribution in [0.2, 0.25) is 0 Å². The summed E-state index contributed by atoms with van der Waals surface area (Å²) >= 11 is 0. The maximum absolute atomic E-state index is 11.4. The van der Waals surface area contributed by atoms with E-state index in [4.69, 9.17) is 4.74 Å². The van der Waals surface area contributed by atoms with Crippen molar-refractivity contribution < 1.29 is 9.53 Å². The van der Waals surface area contributed by atoms with Crippen molar-refractivity contribution >= 4 is 5.97 Å². The third kappa shape index (κ3) is 4.82. The van der Waals surface area contributed by atoms with Crippen LogP contribution in [0.5, 0.6) is 0 Å². The fraction of sp³-hybridized carbons (Fsp3) is 0.471. The number of nitrogens with one attached hydrogen (secondary N) is 1. The second kappa shape index (κ2) is 7.85. The van der Waals surface area contributed by atoms with E-state index in [0.717, 1.165) is 6.54 Å². The molecular formula is C17H25NO2. The van der Waals surface area contributed by atoms with E-state index < -0.39 is 5.54 Å². The predicted molar refractivity (Wildman–Crippen MR) is 82.7 cm³/mol. The molecular weight excluding hydrogens is 250 g/mol. The highest BCUT2D eigenvalue weighted by Crippen LogP contribution is 2.15. The third-order valence-electron chi connectivity index (χ3n) is 3.45. The quantitative estimate of drug-likeness (QED) is 0.665. The van der Waals surface area contributed by atoms with Crippen molar-refractivity contribution in [3.05, 3.63) is 47.5 Å². The van der Waals surface area contributed by atoms with Crippen LogP contribution < -0.4 is 5.32 Å². The number of esters is 1. The van der Waals surface area contributed by atoms with Crippen LogP contribution in [-0.2, 0) is 9.53 Å². The van der Waals surface area contributed by atoms with E-state index >= 15 is 0 Å². The first-order valence-corrected chi connectivity index (χ1v) is 7.09. The highest BCUT2D eigenvalue weighted by atomic mass is 16.5. The summed E-state index contributed by atoms with van der Waals surface area (Å²) in [6.45, 7) is 9.12. The Hall–Kier alpha value is -1.61. The Bertz CT molecular complexity index is 447. The zero-order chi connectivity index (χ0) is 15.0. The molecule has 3 heteroatoms. The minimum absolute atomic E-state index is 0.158. The molecule has 0 radical (unpaired) electrons. The van der Waals surface area contributed by atoms with Gasteiger partial charge in [0.05, 0.1) is 6.61 Å². The molecule has 110 valence electrons. The van der Waals surface area contributed by atoms with Crippen molar-refractivity contribution in [2.24, 2.45) is 0 Å². The van der Waals surface area contributed by atoms with Crippen molar-refractivity contribution in [3.8, 4) is 0 Å². The Labute approximate surface area is 122 Å². The van der Waals surface area contributed by atoms with E-state index in [1.54, 1.807) is 0 Å². The molecule has 1 aromatic carbocycles. The van der Waals surface area contributed by atoms with Gasteiger partial charge in [-0.25, -0.2) is 0 Å². The number of hydrogen-bond acceptors (Lipinski definition) is 3. The van der Waals surface area contributed by atoms with Crippen molar-refractivity contribution in [2.75, 3.05) is 13.2 Å². The van der Waals surface area contributed by atoms with E-state index in [-0.39, 0.29) is 5.97 Å². The van der Waals surface area contributed by atoms with Gasteiger partial charge in [-0.2, -0.15) is 0 Å². The van der Waals surface area contributed by atoms with E-state index in [9.17, 15) is 4.79 Å². The van der Waals surface area contributed by atoms with Gasteiger partial charge in [0.2, 0.25) is 0 Å². The Morgan fingerprint density at radius 3 is 2.25 bits per heavy atom. The first kappa shape index (κ1) is 16.4. The number of carbonyl (C=O) groups excluding carboxylic acids is 1. The van der Waals surface area contributed by atoms with E-state index in [2.05, 4.69) is 43.4 Å². The Morgan fingerprint density at radius 1 is 1.25 bits per heavy atom. The summed E-state index contributed by atoms with van der Waals surface area (Å²) in [5.74, 6) is -0.158. The number of carbonyl (C=O) groups is 1. The van der Waals surface area contributed by atoms with Gasteiger partial charge in [-0.1, -0.05) is 36.4 Å². The largest absolute Gasteiger partial charge is 0.465 e. The third-order valence-corrected chi connectivity index (χ3v) is 3.45. The molecule has 3 nitrogen and oxygen atoms in total. The Morgan fingerprint density at radius 2 is 1.85 bits per heavy atom. The molecule has 0 aromatic heterocycles. The molecule has 0 amide bonds. The molecule has 1 atom stereocenters. The van der Waals surface area contributed by atoms with Gasteiger partial charge in [0.1, 0.15) is 5.54 Å². The molecule has 2 rings (SSSR count). The van der Waals surface area contributed by atoms with Crippen LogP contribution in [0, 0.1) is 13.8 Å². The van der Waals surface area contributed by atoms with E-state index in [1.807, 2.05) is 26.0 Å². The highest BCUT2D eigenvalue weighted by Gasteiger charge is 2.33. The molecule has 0 spiro atoms. The first-order chi connectivity index (χ1) is 9.49. The lowest BCUT2D eigenvalue weighted by Gasteiger charge is -2.29. The van der Waals surface area contributed by atoms with Gasteiger partial charge in [0.25, 0.3) is 0 Å². The van der Waals surface area contributed by atoms with Crippen LogP contribution in [0.4, 0.5) is 0 Å². The van der Waals surface area contributed by atoms with Crippen LogP contribution in [-0.4, -0.2) is 24.7 Å². The molecule has 0 bridgehead atoms. The van der Waals surface area contributed by atoms with E-state index in [0.29, 0.717) is 13.0 Å². The number of aryl methyl sites for hydroxylation is 2. The van der Waals surface area contributed by atoms with Crippen LogP contribution >= 0.6 is 0 Å². The average molecular weight is 275 g/mol. The minimum atomic E-state index is -0.509. The van der Waals surface area contributed by atoms with Crippen LogP contribution in [0.15, 0.2) is 36.4 Å². The smallest absolute Gasteiger partial charge is 0.326 e. The van der Waals surface area contributed by atoms with Crippen LogP contribution in [0.25, 0.3) is 0 Å². The van der Waals surface area contributed by atoms with Crippen molar-refractivity contribution in [2.45, 2.75) is 39.7 Å². The van der Waals surface area contributed by atoms with Gasteiger partial charge in [0.15, 0.2) is 0 Å². The second-order valence-electron chi connectivity index (χ2n) is 5.19. The lowest BCUT2D eigenvalue weighted by molar-refractivity contribution is -0.150. The molecule has 1 heterocycles. The van der Waals surface area contributed by atoms with Crippen molar-refractivity contribution in [3.63, 3.8) is 0 Å². The molecule has 0 fully saturated rings. The van der Waals surface area contributed by atoms with Gasteiger partial charge < -0.3 is 4.74 Å². The summed E-state index contributed by atoms with van der Waals surface area (Å²) in [5, 5.41) is 3.12. The number of rotatable bonds is 2. The van der Waals surface area contributed by atoms with Gasteiger partial charge in [-0.15, -0.1) is 0 Å². The maximum Gasteiger partial charge on any atom is 0.326 e. The van der Waals surface area contributed by atoms with Crippen molar-refractivity contribution in [1.82, 2.24) is 5.32 Å². The second-order valence-corrected chi connectivity index (χ2v) is 5.19. The summed E-state index contributed by atoms with van der Waals surface area (Å²) in [6, 6.07) is 8.36. The maximum atomic E-state index is 11.4. The van der Waals surface area contributed by atoms with Gasteiger partial charge in [-0.05, 0) is 45.2 Å². The summed E-state index contributed by atoms with van der Waals surface area (Å²) in [7, 11) is 0. The molecule has 1 aromatic rings. The lowest BCUT2D eigenvalue weighted by atomic mass is 9.95. The predicted octanol–water partition coefficient (Wildman–Crippen LogP) is 3.16. The Kier molecular flexibility index (Phi) is 6.46. The number of hydrogen-bond donors (Lipinski definition) is 1. The zero-order valence-electron chi connectivity index (χ0n) is 12.9. The normalized spacial score (nSPS) is 20.8. The highest BCUT2D eigenvalue weighted by molar-refractivity contribution is 5.80.